The van der Waals surface area contributed by atoms with Gasteiger partial charge in [0.15, 0.2) is 0 Å². The van der Waals surface area contributed by atoms with Gasteiger partial charge in [-0.05, 0) is 44.2 Å². The normalized spacial score (nSPS) is 22.8. The average Bonchev–Trinajstić information content (AvgIpc) is 3.03. The predicted molar refractivity (Wildman–Crippen MR) is 77.9 cm³/mol. The molecule has 0 bridgehead atoms. The number of ether oxygens (including phenoxy) is 1. The largest absolute Gasteiger partial charge is 0.370 e. The average molecular weight is 275 g/mol. The first kappa shape index (κ1) is 13.4. The van der Waals surface area contributed by atoms with Crippen molar-refractivity contribution in [2.75, 3.05) is 29.9 Å². The summed E-state index contributed by atoms with van der Waals surface area (Å²) < 4.78 is 5.36. The van der Waals surface area contributed by atoms with Gasteiger partial charge in [0.2, 0.25) is 0 Å². The van der Waals surface area contributed by atoms with Crippen LogP contribution in [0, 0.1) is 0 Å². The van der Waals surface area contributed by atoms with Crippen molar-refractivity contribution in [1.82, 2.24) is 4.98 Å². The Bertz CT molecular complexity index is 449. The number of aromatic nitrogens is 1. The molecule has 0 spiro atoms. The van der Waals surface area contributed by atoms with Gasteiger partial charge in [-0.15, -0.1) is 0 Å². The number of hydrogen-bond acceptors (Lipinski definition) is 4. The van der Waals surface area contributed by atoms with Crippen molar-refractivity contribution in [3.63, 3.8) is 0 Å². The van der Waals surface area contributed by atoms with Crippen molar-refractivity contribution < 1.29 is 9.53 Å². The van der Waals surface area contributed by atoms with Crippen LogP contribution in [0.4, 0.5) is 11.5 Å². The van der Waals surface area contributed by atoms with Crippen LogP contribution in [0.2, 0.25) is 0 Å². The van der Waals surface area contributed by atoms with Crippen molar-refractivity contribution in [3.8, 4) is 0 Å². The summed E-state index contributed by atoms with van der Waals surface area (Å²) in [6, 6.07) is 3.90. The third-order valence-corrected chi connectivity index (χ3v) is 3.94. The van der Waals surface area contributed by atoms with Crippen LogP contribution in [0.25, 0.3) is 0 Å². The third kappa shape index (κ3) is 3.10. The molecule has 1 amide bonds. The summed E-state index contributed by atoms with van der Waals surface area (Å²) in [5.74, 6) is 0.520. The molecule has 1 aromatic rings. The van der Waals surface area contributed by atoms with Gasteiger partial charge >= 0.3 is 0 Å². The molecule has 0 aliphatic carbocycles. The highest BCUT2D eigenvalue weighted by Crippen LogP contribution is 2.20. The lowest BCUT2D eigenvalue weighted by Gasteiger charge is -2.28. The molecular weight excluding hydrogens is 254 g/mol. The summed E-state index contributed by atoms with van der Waals surface area (Å²) in [7, 11) is 0. The van der Waals surface area contributed by atoms with Crippen molar-refractivity contribution >= 4 is 17.4 Å². The highest BCUT2D eigenvalue weighted by molar-refractivity contribution is 5.93. The minimum Gasteiger partial charge on any atom is -0.370 e. The van der Waals surface area contributed by atoms with Crippen molar-refractivity contribution in [2.24, 2.45) is 0 Å². The van der Waals surface area contributed by atoms with Gasteiger partial charge in [-0.2, -0.15) is 0 Å². The lowest BCUT2D eigenvalue weighted by atomic mass is 10.1. The van der Waals surface area contributed by atoms with E-state index in [1.54, 1.807) is 0 Å². The highest BCUT2D eigenvalue weighted by Gasteiger charge is 2.23. The van der Waals surface area contributed by atoms with Crippen molar-refractivity contribution in [3.05, 3.63) is 18.3 Å². The highest BCUT2D eigenvalue weighted by atomic mass is 16.5. The van der Waals surface area contributed by atoms with Crippen LogP contribution >= 0.6 is 0 Å². The fourth-order valence-electron chi connectivity index (χ4n) is 2.79. The summed E-state index contributed by atoms with van der Waals surface area (Å²) in [6.45, 7) is 2.88. The zero-order valence-electron chi connectivity index (χ0n) is 11.7. The van der Waals surface area contributed by atoms with Gasteiger partial charge in [-0.1, -0.05) is 0 Å². The van der Waals surface area contributed by atoms with E-state index in [1.165, 1.54) is 19.3 Å². The van der Waals surface area contributed by atoms with E-state index in [2.05, 4.69) is 15.2 Å². The number of rotatable bonds is 3. The van der Waals surface area contributed by atoms with E-state index in [-0.39, 0.29) is 12.0 Å². The molecule has 5 nitrogen and oxygen atoms in total. The van der Waals surface area contributed by atoms with Gasteiger partial charge < -0.3 is 15.0 Å². The van der Waals surface area contributed by atoms with E-state index in [4.69, 9.17) is 4.74 Å². The number of carbonyl (C=O) groups excluding carboxylic acids is 1. The molecule has 108 valence electrons. The maximum Gasteiger partial charge on any atom is 0.254 e. The number of nitrogens with one attached hydrogen (secondary N) is 1. The van der Waals surface area contributed by atoms with E-state index >= 15 is 0 Å². The molecule has 3 heterocycles. The fourth-order valence-corrected chi connectivity index (χ4v) is 2.79. The van der Waals surface area contributed by atoms with Crippen LogP contribution in [0.3, 0.4) is 0 Å². The Morgan fingerprint density at radius 3 is 2.75 bits per heavy atom. The number of nitrogens with zero attached hydrogens (tertiary/aromatic N) is 2. The zero-order chi connectivity index (χ0) is 13.8. The first-order chi connectivity index (χ1) is 9.83. The Balaban J connectivity index is 1.59. The quantitative estimate of drug-likeness (QED) is 0.918. The van der Waals surface area contributed by atoms with Gasteiger partial charge in [0.05, 0.1) is 11.9 Å². The van der Waals surface area contributed by atoms with Crippen LogP contribution in [-0.4, -0.2) is 36.7 Å². The SMILES string of the molecule is O=C(Nc1ccc(N2CCCCC2)cn1)C1CCCO1. The summed E-state index contributed by atoms with van der Waals surface area (Å²) in [6.07, 6.45) is 7.11. The standard InChI is InChI=1S/C15H21N3O2/c19-15(13-5-4-10-20-13)17-14-7-6-12(11-16-14)18-8-2-1-3-9-18/h6-7,11,13H,1-5,8-10H2,(H,16,17,19). The Labute approximate surface area is 119 Å². The van der Waals surface area contributed by atoms with Gasteiger partial charge in [-0.3, -0.25) is 4.79 Å². The van der Waals surface area contributed by atoms with E-state index in [0.29, 0.717) is 12.4 Å². The number of anilines is 2. The van der Waals surface area contributed by atoms with E-state index in [1.807, 2.05) is 18.3 Å². The molecular formula is C15H21N3O2. The number of piperidine rings is 1. The second kappa shape index (κ2) is 6.22. The van der Waals surface area contributed by atoms with Crippen LogP contribution in [0.1, 0.15) is 32.1 Å². The minimum atomic E-state index is -0.307. The minimum absolute atomic E-state index is 0.0827. The first-order valence-electron chi connectivity index (χ1n) is 7.46. The summed E-state index contributed by atoms with van der Waals surface area (Å²) in [5, 5.41) is 2.82. The Morgan fingerprint density at radius 2 is 2.10 bits per heavy atom. The Kier molecular flexibility index (Phi) is 4.16. The molecule has 3 rings (SSSR count). The summed E-state index contributed by atoms with van der Waals surface area (Å²) in [4.78, 5) is 18.6. The molecule has 2 fully saturated rings. The van der Waals surface area contributed by atoms with Gasteiger partial charge in [0, 0.05) is 19.7 Å². The van der Waals surface area contributed by atoms with Crippen LogP contribution < -0.4 is 10.2 Å². The smallest absolute Gasteiger partial charge is 0.254 e. The fraction of sp³-hybridized carbons (Fsp3) is 0.600. The molecule has 1 N–H and O–H groups in total. The zero-order valence-corrected chi connectivity index (χ0v) is 11.7. The molecule has 1 aromatic heterocycles. The van der Waals surface area contributed by atoms with Crippen molar-refractivity contribution in [1.29, 1.82) is 0 Å². The molecule has 2 saturated heterocycles. The van der Waals surface area contributed by atoms with Crippen LogP contribution in [0.5, 0.6) is 0 Å². The number of hydrogen-bond donors (Lipinski definition) is 1. The monoisotopic (exact) mass is 275 g/mol. The van der Waals surface area contributed by atoms with E-state index in [9.17, 15) is 4.79 Å². The van der Waals surface area contributed by atoms with E-state index in [0.717, 1.165) is 31.6 Å². The Morgan fingerprint density at radius 1 is 1.25 bits per heavy atom. The van der Waals surface area contributed by atoms with Crippen molar-refractivity contribution in [2.45, 2.75) is 38.2 Å². The topological polar surface area (TPSA) is 54.5 Å². The molecule has 1 unspecified atom stereocenters. The molecule has 5 heteroatoms. The molecule has 0 aromatic carbocycles. The predicted octanol–water partition coefficient (Wildman–Crippen LogP) is 2.19. The third-order valence-electron chi connectivity index (χ3n) is 3.94. The van der Waals surface area contributed by atoms with Crippen LogP contribution in [0.15, 0.2) is 18.3 Å². The lowest BCUT2D eigenvalue weighted by molar-refractivity contribution is -0.124. The number of amides is 1. The first-order valence-corrected chi connectivity index (χ1v) is 7.46. The maximum atomic E-state index is 11.9. The lowest BCUT2D eigenvalue weighted by Crippen LogP contribution is -2.29. The van der Waals surface area contributed by atoms with Gasteiger partial charge in [0.25, 0.3) is 5.91 Å². The van der Waals surface area contributed by atoms with Gasteiger partial charge in [-0.25, -0.2) is 4.98 Å². The molecule has 0 radical (unpaired) electrons. The second-order valence-corrected chi connectivity index (χ2v) is 5.44. The Hall–Kier alpha value is -1.62. The maximum absolute atomic E-state index is 11.9. The van der Waals surface area contributed by atoms with Gasteiger partial charge in [0.1, 0.15) is 11.9 Å². The second-order valence-electron chi connectivity index (χ2n) is 5.44. The molecule has 20 heavy (non-hydrogen) atoms. The number of pyridine rings is 1. The molecule has 2 aliphatic heterocycles. The van der Waals surface area contributed by atoms with E-state index < -0.39 is 0 Å². The number of carbonyl (C=O) groups is 1. The molecule has 1 atom stereocenters. The van der Waals surface area contributed by atoms with Crippen LogP contribution in [-0.2, 0) is 9.53 Å². The summed E-state index contributed by atoms with van der Waals surface area (Å²) >= 11 is 0. The summed E-state index contributed by atoms with van der Waals surface area (Å²) in [5.41, 5.74) is 1.14. The molecule has 2 aliphatic rings. The molecule has 0 saturated carbocycles.